The molecule has 1 fully saturated rings. The predicted octanol–water partition coefficient (Wildman–Crippen LogP) is 4.38. The van der Waals surface area contributed by atoms with E-state index in [4.69, 9.17) is 16.3 Å². The van der Waals surface area contributed by atoms with Gasteiger partial charge in [-0.15, -0.1) is 0 Å². The Morgan fingerprint density at radius 1 is 1.14 bits per heavy atom. The maximum absolute atomic E-state index is 6.32. The zero-order chi connectivity index (χ0) is 10.6. The van der Waals surface area contributed by atoms with E-state index in [1.54, 1.807) is 7.11 Å². The minimum absolute atomic E-state index is 0.854. The Hall–Kier alpha value is -0.430. The van der Waals surface area contributed by atoms with Crippen molar-refractivity contribution in [2.75, 3.05) is 7.11 Å². The Kier molecular flexibility index (Phi) is 4.53. The van der Waals surface area contributed by atoms with Gasteiger partial charge in [-0.05, 0) is 50.7 Å². The van der Waals surface area contributed by atoms with Gasteiger partial charge in [0.05, 0.1) is 12.1 Å². The summed E-state index contributed by atoms with van der Waals surface area (Å²) < 4.78 is 5.32. The SMILES string of the molecule is COC(=C(C)C)C(Cl)=C1CCCCC1. The number of hydrogen-bond acceptors (Lipinski definition) is 1. The molecule has 0 aromatic heterocycles. The Labute approximate surface area is 91.8 Å². The smallest absolute Gasteiger partial charge is 0.136 e. The second kappa shape index (κ2) is 5.45. The maximum atomic E-state index is 6.32. The van der Waals surface area contributed by atoms with Crippen molar-refractivity contribution >= 4 is 11.6 Å². The third kappa shape index (κ3) is 2.78. The lowest BCUT2D eigenvalue weighted by Gasteiger charge is -2.17. The van der Waals surface area contributed by atoms with Gasteiger partial charge < -0.3 is 4.74 Å². The molecule has 0 N–H and O–H groups in total. The second-order valence-electron chi connectivity index (χ2n) is 4.01. The van der Waals surface area contributed by atoms with Gasteiger partial charge in [0.15, 0.2) is 0 Å². The Morgan fingerprint density at radius 3 is 2.14 bits per heavy atom. The third-order valence-corrected chi connectivity index (χ3v) is 3.06. The summed E-state index contributed by atoms with van der Waals surface area (Å²) in [5.74, 6) is 0.864. The van der Waals surface area contributed by atoms with E-state index in [0.717, 1.165) is 29.2 Å². The molecule has 1 saturated carbocycles. The highest BCUT2D eigenvalue weighted by atomic mass is 35.5. The van der Waals surface area contributed by atoms with Crippen LogP contribution in [-0.2, 0) is 4.74 Å². The van der Waals surface area contributed by atoms with Gasteiger partial charge in [-0.25, -0.2) is 0 Å². The van der Waals surface area contributed by atoms with E-state index in [2.05, 4.69) is 0 Å². The summed E-state index contributed by atoms with van der Waals surface area (Å²) in [5, 5.41) is 0.854. The van der Waals surface area contributed by atoms with Crippen LogP contribution in [0, 0.1) is 0 Å². The molecule has 1 rings (SSSR count). The second-order valence-corrected chi connectivity index (χ2v) is 4.39. The Morgan fingerprint density at radius 2 is 1.71 bits per heavy atom. The molecule has 1 aliphatic carbocycles. The molecule has 1 aliphatic rings. The van der Waals surface area contributed by atoms with E-state index in [0.29, 0.717) is 0 Å². The Balaban J connectivity index is 2.89. The number of hydrogen-bond donors (Lipinski definition) is 0. The van der Waals surface area contributed by atoms with Gasteiger partial charge in [0, 0.05) is 0 Å². The van der Waals surface area contributed by atoms with Crippen molar-refractivity contribution in [3.63, 3.8) is 0 Å². The molecule has 0 saturated heterocycles. The summed E-state index contributed by atoms with van der Waals surface area (Å²) in [7, 11) is 1.69. The minimum atomic E-state index is 0.854. The van der Waals surface area contributed by atoms with Crippen LogP contribution in [0.1, 0.15) is 46.0 Å². The van der Waals surface area contributed by atoms with Crippen LogP contribution in [-0.4, -0.2) is 7.11 Å². The number of halogens is 1. The first kappa shape index (κ1) is 11.6. The fraction of sp³-hybridized carbons (Fsp3) is 0.667. The molecule has 0 atom stereocenters. The van der Waals surface area contributed by atoms with Gasteiger partial charge in [-0.2, -0.15) is 0 Å². The molecule has 2 heteroatoms. The lowest BCUT2D eigenvalue weighted by atomic mass is 9.94. The van der Waals surface area contributed by atoms with Crippen molar-refractivity contribution in [3.8, 4) is 0 Å². The van der Waals surface area contributed by atoms with Crippen LogP contribution in [0.2, 0.25) is 0 Å². The normalized spacial score (nSPS) is 16.4. The largest absolute Gasteiger partial charge is 0.495 e. The molecule has 0 radical (unpaired) electrons. The molecule has 0 heterocycles. The molecule has 1 nitrogen and oxygen atoms in total. The van der Waals surface area contributed by atoms with E-state index in [9.17, 15) is 0 Å². The van der Waals surface area contributed by atoms with Crippen molar-refractivity contribution in [2.24, 2.45) is 0 Å². The van der Waals surface area contributed by atoms with Crippen molar-refractivity contribution in [3.05, 3.63) is 21.9 Å². The average Bonchev–Trinajstić information content (AvgIpc) is 2.19. The number of methoxy groups -OCH3 is 1. The van der Waals surface area contributed by atoms with Gasteiger partial charge in [-0.1, -0.05) is 18.0 Å². The van der Waals surface area contributed by atoms with Crippen LogP contribution in [0.5, 0.6) is 0 Å². The lowest BCUT2D eigenvalue weighted by molar-refractivity contribution is 0.299. The predicted molar refractivity (Wildman–Crippen MR) is 61.3 cm³/mol. The van der Waals surface area contributed by atoms with Gasteiger partial charge in [0.25, 0.3) is 0 Å². The molecule has 0 aromatic rings. The zero-order valence-electron chi connectivity index (χ0n) is 9.32. The van der Waals surface area contributed by atoms with Crippen molar-refractivity contribution in [2.45, 2.75) is 46.0 Å². The Bertz CT molecular complexity index is 251. The van der Waals surface area contributed by atoms with E-state index < -0.39 is 0 Å². The van der Waals surface area contributed by atoms with Crippen molar-refractivity contribution in [1.82, 2.24) is 0 Å². The monoisotopic (exact) mass is 214 g/mol. The number of rotatable bonds is 2. The topological polar surface area (TPSA) is 9.23 Å². The van der Waals surface area contributed by atoms with Crippen LogP contribution < -0.4 is 0 Å². The summed E-state index contributed by atoms with van der Waals surface area (Å²) in [6.45, 7) is 4.06. The first-order valence-corrected chi connectivity index (χ1v) is 5.64. The molecular weight excluding hydrogens is 196 g/mol. The fourth-order valence-corrected chi connectivity index (χ4v) is 2.33. The van der Waals surface area contributed by atoms with Crippen LogP contribution in [0.4, 0.5) is 0 Å². The molecule has 0 unspecified atom stereocenters. The summed E-state index contributed by atoms with van der Waals surface area (Å²) in [4.78, 5) is 0. The molecule has 0 amide bonds. The third-order valence-electron chi connectivity index (χ3n) is 2.63. The molecule has 14 heavy (non-hydrogen) atoms. The van der Waals surface area contributed by atoms with Gasteiger partial charge in [-0.3, -0.25) is 0 Å². The summed E-state index contributed by atoms with van der Waals surface area (Å²) in [6, 6.07) is 0. The van der Waals surface area contributed by atoms with Gasteiger partial charge >= 0.3 is 0 Å². The van der Waals surface area contributed by atoms with Gasteiger partial charge in [0.1, 0.15) is 5.76 Å². The van der Waals surface area contributed by atoms with Crippen molar-refractivity contribution in [1.29, 1.82) is 0 Å². The molecule has 0 spiro atoms. The molecule has 0 bridgehead atoms. The average molecular weight is 215 g/mol. The van der Waals surface area contributed by atoms with E-state index >= 15 is 0 Å². The van der Waals surface area contributed by atoms with Crippen LogP contribution >= 0.6 is 11.6 Å². The zero-order valence-corrected chi connectivity index (χ0v) is 10.1. The van der Waals surface area contributed by atoms with Crippen molar-refractivity contribution < 1.29 is 4.74 Å². The highest BCUT2D eigenvalue weighted by molar-refractivity contribution is 6.32. The van der Waals surface area contributed by atoms with Crippen LogP contribution in [0.25, 0.3) is 0 Å². The standard InChI is InChI=1S/C12H19ClO/c1-9(2)12(14-3)11(13)10-7-5-4-6-8-10/h4-8H2,1-3H3. The van der Waals surface area contributed by atoms with E-state index in [-0.39, 0.29) is 0 Å². The highest BCUT2D eigenvalue weighted by Gasteiger charge is 2.14. The quantitative estimate of drug-likeness (QED) is 0.620. The lowest BCUT2D eigenvalue weighted by Crippen LogP contribution is -2.00. The minimum Gasteiger partial charge on any atom is -0.495 e. The molecular formula is C12H19ClO. The molecule has 0 aliphatic heterocycles. The van der Waals surface area contributed by atoms with E-state index in [1.807, 2.05) is 13.8 Å². The number of allylic oxidation sites excluding steroid dienone is 3. The first-order valence-electron chi connectivity index (χ1n) is 5.26. The molecule has 80 valence electrons. The number of ether oxygens (including phenoxy) is 1. The van der Waals surface area contributed by atoms with Crippen LogP contribution in [0.3, 0.4) is 0 Å². The summed E-state index contributed by atoms with van der Waals surface area (Å²) in [5.41, 5.74) is 2.52. The highest BCUT2D eigenvalue weighted by Crippen LogP contribution is 2.32. The van der Waals surface area contributed by atoms with E-state index in [1.165, 1.54) is 24.8 Å². The summed E-state index contributed by atoms with van der Waals surface area (Å²) in [6.07, 6.45) is 6.15. The van der Waals surface area contributed by atoms with Gasteiger partial charge in [0.2, 0.25) is 0 Å². The van der Waals surface area contributed by atoms with Crippen LogP contribution in [0.15, 0.2) is 21.9 Å². The maximum Gasteiger partial charge on any atom is 0.136 e. The molecule has 0 aromatic carbocycles. The fourth-order valence-electron chi connectivity index (χ4n) is 1.87. The first-order chi connectivity index (χ1) is 6.66. The summed E-state index contributed by atoms with van der Waals surface area (Å²) >= 11 is 6.32.